The van der Waals surface area contributed by atoms with E-state index < -0.39 is 18.2 Å². The first-order chi connectivity index (χ1) is 31.0. The van der Waals surface area contributed by atoms with Gasteiger partial charge in [0.1, 0.15) is 6.10 Å². The molecule has 3 atom stereocenters. The molecular weight excluding hydrogens is 779 g/mol. The quantitative estimate of drug-likeness (QED) is 0.0245. The van der Waals surface area contributed by atoms with Gasteiger partial charge in [0.2, 0.25) is 5.91 Å². The summed E-state index contributed by atoms with van der Waals surface area (Å²) in [7, 11) is 0. The fourth-order valence-corrected chi connectivity index (χ4v) is 8.08. The average molecular weight is 882 g/mol. The largest absolute Gasteiger partial charge is 0.462 e. The number of unbranched alkanes of at least 4 members (excludes halogenated alkanes) is 29. The summed E-state index contributed by atoms with van der Waals surface area (Å²) >= 11 is 0. The monoisotopic (exact) mass is 882 g/mol. The summed E-state index contributed by atoms with van der Waals surface area (Å²) in [5.74, 6) is -0.519. The molecule has 63 heavy (non-hydrogen) atoms. The van der Waals surface area contributed by atoms with E-state index in [1.165, 1.54) is 141 Å². The van der Waals surface area contributed by atoms with Crippen molar-refractivity contribution in [3.05, 3.63) is 60.8 Å². The van der Waals surface area contributed by atoms with Crippen LogP contribution in [0, 0.1) is 0 Å². The summed E-state index contributed by atoms with van der Waals surface area (Å²) in [5, 5.41) is 23.8. The first kappa shape index (κ1) is 60.6. The van der Waals surface area contributed by atoms with Gasteiger partial charge in [0.25, 0.3) is 0 Å². The number of aliphatic hydroxyl groups is 2. The van der Waals surface area contributed by atoms with E-state index in [9.17, 15) is 19.8 Å². The van der Waals surface area contributed by atoms with Gasteiger partial charge < -0.3 is 20.3 Å². The molecule has 0 saturated carbocycles. The highest BCUT2D eigenvalue weighted by atomic mass is 16.5. The fourth-order valence-electron chi connectivity index (χ4n) is 8.08. The van der Waals surface area contributed by atoms with Crippen molar-refractivity contribution < 1.29 is 24.5 Å². The first-order valence-corrected chi connectivity index (χ1v) is 27.1. The zero-order valence-electron chi connectivity index (χ0n) is 41.7. The van der Waals surface area contributed by atoms with Crippen molar-refractivity contribution in [2.75, 3.05) is 6.61 Å². The first-order valence-electron chi connectivity index (χ1n) is 27.1. The molecular formula is C57H103NO5. The number of ether oxygens (including phenoxy) is 1. The molecule has 0 aromatic heterocycles. The normalized spacial score (nSPS) is 13.7. The fraction of sp³-hybridized carbons (Fsp3) is 0.789. The van der Waals surface area contributed by atoms with Crippen LogP contribution in [-0.2, 0) is 14.3 Å². The van der Waals surface area contributed by atoms with Gasteiger partial charge in [0.15, 0.2) is 0 Å². The van der Waals surface area contributed by atoms with E-state index in [0.29, 0.717) is 19.3 Å². The van der Waals surface area contributed by atoms with E-state index in [2.05, 4.69) is 62.5 Å². The van der Waals surface area contributed by atoms with Gasteiger partial charge >= 0.3 is 5.97 Å². The highest BCUT2D eigenvalue weighted by Gasteiger charge is 2.24. The number of rotatable bonds is 48. The second-order valence-electron chi connectivity index (χ2n) is 18.3. The number of amides is 1. The summed E-state index contributed by atoms with van der Waals surface area (Å²) in [6.07, 6.45) is 62.8. The van der Waals surface area contributed by atoms with Crippen molar-refractivity contribution in [3.8, 4) is 0 Å². The summed E-state index contributed by atoms with van der Waals surface area (Å²) in [5.41, 5.74) is 0. The van der Waals surface area contributed by atoms with Crippen LogP contribution < -0.4 is 5.32 Å². The average Bonchev–Trinajstić information content (AvgIpc) is 3.28. The van der Waals surface area contributed by atoms with Gasteiger partial charge in [-0.3, -0.25) is 9.59 Å². The number of esters is 1. The maximum absolute atomic E-state index is 13.2. The van der Waals surface area contributed by atoms with E-state index in [4.69, 9.17) is 4.74 Å². The Morgan fingerprint density at radius 1 is 0.476 bits per heavy atom. The Morgan fingerprint density at radius 3 is 1.37 bits per heavy atom. The summed E-state index contributed by atoms with van der Waals surface area (Å²) in [6.45, 7) is 6.34. The number of hydrogen-bond acceptors (Lipinski definition) is 5. The SMILES string of the molecule is CC/C=C/C=C/C=C/C=C\CCCCCC(CC(=O)NC(CO)C(O)CCCCCCCCCCCCCCCCC)OC(=O)CCCCCCC/C=C/CCCCCCCCC. The minimum atomic E-state index is -0.801. The number of carbonyl (C=O) groups excluding carboxylic acids is 2. The number of aliphatic hydroxyl groups excluding tert-OH is 2. The van der Waals surface area contributed by atoms with Crippen LogP contribution in [0.3, 0.4) is 0 Å². The van der Waals surface area contributed by atoms with E-state index in [0.717, 1.165) is 77.0 Å². The smallest absolute Gasteiger partial charge is 0.306 e. The Hall–Kier alpha value is -2.44. The number of hydrogen-bond donors (Lipinski definition) is 3. The van der Waals surface area contributed by atoms with Gasteiger partial charge in [0, 0.05) is 6.42 Å². The number of carbonyl (C=O) groups is 2. The number of nitrogens with one attached hydrogen (secondary N) is 1. The predicted molar refractivity (Wildman–Crippen MR) is 273 cm³/mol. The molecule has 0 aromatic carbocycles. The molecule has 1 amide bonds. The molecule has 0 saturated heterocycles. The Kier molecular flexibility index (Phi) is 48.6. The van der Waals surface area contributed by atoms with Gasteiger partial charge in [-0.05, 0) is 70.6 Å². The summed E-state index contributed by atoms with van der Waals surface area (Å²) in [6, 6.07) is -0.717. The lowest BCUT2D eigenvalue weighted by Crippen LogP contribution is -2.46. The highest BCUT2D eigenvalue weighted by molar-refractivity contribution is 5.77. The van der Waals surface area contributed by atoms with E-state index in [1.54, 1.807) is 0 Å². The molecule has 6 nitrogen and oxygen atoms in total. The van der Waals surface area contributed by atoms with Crippen molar-refractivity contribution in [1.29, 1.82) is 0 Å². The molecule has 0 heterocycles. The third-order valence-corrected chi connectivity index (χ3v) is 12.2. The van der Waals surface area contributed by atoms with Crippen LogP contribution in [-0.4, -0.2) is 46.9 Å². The lowest BCUT2D eigenvalue weighted by Gasteiger charge is -2.24. The second kappa shape index (κ2) is 50.6. The Morgan fingerprint density at radius 2 is 0.873 bits per heavy atom. The topological polar surface area (TPSA) is 95.9 Å². The van der Waals surface area contributed by atoms with Crippen LogP contribution in [0.15, 0.2) is 60.8 Å². The maximum Gasteiger partial charge on any atom is 0.306 e. The van der Waals surface area contributed by atoms with Crippen LogP contribution in [0.4, 0.5) is 0 Å². The molecule has 0 aliphatic heterocycles. The molecule has 3 N–H and O–H groups in total. The third kappa shape index (κ3) is 45.9. The van der Waals surface area contributed by atoms with Gasteiger partial charge in [-0.2, -0.15) is 0 Å². The van der Waals surface area contributed by atoms with Crippen LogP contribution >= 0.6 is 0 Å². The van der Waals surface area contributed by atoms with Gasteiger partial charge in [-0.25, -0.2) is 0 Å². The minimum absolute atomic E-state index is 0.0477. The van der Waals surface area contributed by atoms with Gasteiger partial charge in [-0.15, -0.1) is 0 Å². The molecule has 0 aliphatic rings. The molecule has 0 radical (unpaired) electrons. The standard InChI is InChI=1S/C57H103NO5/c1-4-7-10-13-16-19-22-25-27-29-32-35-38-41-44-47-50-57(62)63-53(48-45-42-39-36-33-30-24-21-18-15-12-9-6-3)51-56(61)58-54(52-59)55(60)49-46-43-40-37-34-31-28-26-23-20-17-14-11-8-5-2/h9,12,15,18,21,24,27,29-30,33,53-55,59-60H,4-8,10-11,13-14,16-17,19-20,22-23,25-26,28,31-32,34-52H2,1-3H3,(H,58,61)/b12-9+,18-15+,24-21+,29-27+,33-30-. The Bertz CT molecular complexity index is 1130. The van der Waals surface area contributed by atoms with E-state index in [1.807, 2.05) is 24.3 Å². The van der Waals surface area contributed by atoms with Crippen LogP contribution in [0.5, 0.6) is 0 Å². The molecule has 0 fully saturated rings. The van der Waals surface area contributed by atoms with Crippen molar-refractivity contribution >= 4 is 11.9 Å². The van der Waals surface area contributed by atoms with Crippen molar-refractivity contribution in [3.63, 3.8) is 0 Å². The van der Waals surface area contributed by atoms with Crippen LogP contribution in [0.1, 0.15) is 265 Å². The van der Waals surface area contributed by atoms with Crippen LogP contribution in [0.25, 0.3) is 0 Å². The molecule has 0 aliphatic carbocycles. The molecule has 0 bridgehead atoms. The second-order valence-corrected chi connectivity index (χ2v) is 18.3. The molecule has 0 rings (SSSR count). The molecule has 366 valence electrons. The third-order valence-electron chi connectivity index (χ3n) is 12.2. The summed E-state index contributed by atoms with van der Waals surface area (Å²) in [4.78, 5) is 26.2. The molecule has 6 heteroatoms. The maximum atomic E-state index is 13.2. The lowest BCUT2D eigenvalue weighted by molar-refractivity contribution is -0.151. The van der Waals surface area contributed by atoms with Gasteiger partial charge in [0.05, 0.1) is 25.2 Å². The molecule has 3 unspecified atom stereocenters. The zero-order chi connectivity index (χ0) is 45.9. The zero-order valence-corrected chi connectivity index (χ0v) is 41.7. The van der Waals surface area contributed by atoms with Crippen LogP contribution in [0.2, 0.25) is 0 Å². The van der Waals surface area contributed by atoms with E-state index >= 15 is 0 Å². The highest BCUT2D eigenvalue weighted by Crippen LogP contribution is 2.18. The number of allylic oxidation sites excluding steroid dienone is 10. The summed E-state index contributed by atoms with van der Waals surface area (Å²) < 4.78 is 5.92. The van der Waals surface area contributed by atoms with Gasteiger partial charge in [-0.1, -0.05) is 242 Å². The van der Waals surface area contributed by atoms with Crippen molar-refractivity contribution in [2.45, 2.75) is 283 Å². The minimum Gasteiger partial charge on any atom is -0.462 e. The lowest BCUT2D eigenvalue weighted by atomic mass is 10.0. The molecule has 0 spiro atoms. The predicted octanol–water partition coefficient (Wildman–Crippen LogP) is 16.4. The Labute approximate surface area is 390 Å². The molecule has 0 aromatic rings. The Balaban J connectivity index is 4.59. The van der Waals surface area contributed by atoms with Crippen molar-refractivity contribution in [2.24, 2.45) is 0 Å². The van der Waals surface area contributed by atoms with Crippen molar-refractivity contribution in [1.82, 2.24) is 5.32 Å². The van der Waals surface area contributed by atoms with E-state index in [-0.39, 0.29) is 24.9 Å².